The van der Waals surface area contributed by atoms with Crippen LogP contribution in [0.1, 0.15) is 79.0 Å². The minimum absolute atomic E-state index is 0.00897. The van der Waals surface area contributed by atoms with Crippen molar-refractivity contribution in [3.63, 3.8) is 0 Å². The summed E-state index contributed by atoms with van der Waals surface area (Å²) >= 11 is 0. The Kier molecular flexibility index (Phi) is 21.8. The molecular weight excluding hydrogens is 1330 g/mol. The first-order valence-corrected chi connectivity index (χ1v) is 37.2. The van der Waals surface area contributed by atoms with Crippen LogP contribution in [0.25, 0.3) is 0 Å². The number of pyridine rings is 2. The van der Waals surface area contributed by atoms with Crippen molar-refractivity contribution in [1.82, 2.24) is 34.6 Å². The van der Waals surface area contributed by atoms with E-state index in [-0.39, 0.29) is 91.3 Å². The molecule has 9 heterocycles. The van der Waals surface area contributed by atoms with Crippen LogP contribution in [0.4, 0.5) is 65.7 Å². The Morgan fingerprint density at radius 3 is 1.09 bits per heavy atom. The monoisotopic (exact) mass is 1400 g/mol. The Morgan fingerprint density at radius 1 is 0.406 bits per heavy atom. The molecule has 16 nitrogen and oxygen atoms in total. The topological polar surface area (TPSA) is 173 Å². The lowest BCUT2D eigenvalue weighted by Crippen LogP contribution is -2.53. The van der Waals surface area contributed by atoms with Crippen LogP contribution in [-0.2, 0) is 49.1 Å². The van der Waals surface area contributed by atoms with Crippen molar-refractivity contribution < 1.29 is 75.3 Å². The van der Waals surface area contributed by atoms with Crippen molar-refractivity contribution in [2.45, 2.75) is 62.8 Å². The maximum absolute atomic E-state index is 14.7. The number of rotatable bonds is 9. The van der Waals surface area contributed by atoms with Crippen LogP contribution in [0, 0.1) is 64.3 Å². The molecule has 516 valence electrons. The Labute approximate surface area is 549 Å². The van der Waals surface area contributed by atoms with Gasteiger partial charge in [0.15, 0.2) is 29.0 Å². The molecule has 0 bridgehead atoms. The Bertz CT molecular complexity index is 4120. The second-order valence-electron chi connectivity index (χ2n) is 24.8. The number of anilines is 3. The molecule has 96 heavy (non-hydrogen) atoms. The maximum Gasteiger partial charge on any atom is 0.434 e. The molecule has 0 spiro atoms. The standard InChI is InChI=1S/C22H23F5N4O2S.2C22H24F3N3O2S/c1-34(33)9-5-14(6-10-34)21(32)31-8-7-30(19-12-28-18(11-29-19)22(25,26)27)13-17(31)15-3-2-4-16(23)20(15)24;1-31(30)10-6-15(7-11-31)22(29)28-9-8-27(21-5-3-17(24)13-26-21)14-20(28)18-4-2-16(23)12-19(18)25;1-31(30)11-7-15(8-12-31)22(29)28-10-9-27(20-6-5-16(23)13-26-20)14-19(28)17-3-2-4-18(24)21(17)25/h2-4,11-12,14,17H,1,5-10,13H2;2-5,12-13,15,20H,1,6-11,14H2;2-6,13,15,19H,1,7-12,14H2. The highest BCUT2D eigenvalue weighted by molar-refractivity contribution is 8.00. The quantitative estimate of drug-likeness (QED) is 0.0991. The minimum atomic E-state index is -4.64. The molecule has 3 amide bonds. The first kappa shape index (κ1) is 70.9. The van der Waals surface area contributed by atoms with Crippen LogP contribution in [-0.4, -0.2) is 176 Å². The summed E-state index contributed by atoms with van der Waals surface area (Å²) in [5, 5.41) is 0. The molecule has 3 aromatic heterocycles. The van der Waals surface area contributed by atoms with Crippen molar-refractivity contribution in [3.05, 3.63) is 173 Å². The molecular formula is C66H71F11N10O6S3. The molecule has 30 heteroatoms. The fourth-order valence-corrected chi connectivity index (χ4v) is 17.9. The molecule has 6 saturated heterocycles. The smallest absolute Gasteiger partial charge is 0.352 e. The molecule has 0 N–H and O–H groups in total. The number of halogens is 11. The summed E-state index contributed by atoms with van der Waals surface area (Å²) in [6.45, 7) is 2.25. The fraction of sp³-hybridized carbons (Fsp3) is 0.424. The number of nitrogens with zero attached hydrogens (tertiary/aromatic N) is 10. The van der Waals surface area contributed by atoms with Crippen molar-refractivity contribution >= 4 is 81.4 Å². The number of carbonyl (C=O) groups excluding carboxylic acids is 3. The van der Waals surface area contributed by atoms with Gasteiger partial charge in [-0.3, -0.25) is 27.0 Å². The third-order valence-corrected chi connectivity index (χ3v) is 24.3. The number of carbonyl (C=O) groups is 3. The molecule has 6 aliphatic rings. The van der Waals surface area contributed by atoms with Gasteiger partial charge < -0.3 is 29.4 Å². The summed E-state index contributed by atoms with van der Waals surface area (Å²) in [6.07, 6.45) is 1.86. The second-order valence-corrected chi connectivity index (χ2v) is 33.0. The lowest BCUT2D eigenvalue weighted by molar-refractivity contribution is -0.141. The Hall–Kier alpha value is -7.86. The van der Waals surface area contributed by atoms with E-state index in [0.717, 1.165) is 36.8 Å². The summed E-state index contributed by atoms with van der Waals surface area (Å²) in [6, 6.07) is 14.4. The second kappa shape index (κ2) is 29.5. The zero-order valence-corrected chi connectivity index (χ0v) is 54.5. The summed E-state index contributed by atoms with van der Waals surface area (Å²) in [7, 11) is -6.46. The van der Waals surface area contributed by atoms with Gasteiger partial charge in [-0.2, -0.15) is 13.2 Å². The van der Waals surface area contributed by atoms with Crippen molar-refractivity contribution in [2.75, 3.05) is 108 Å². The average Bonchev–Trinajstić information content (AvgIpc) is 0.794. The summed E-state index contributed by atoms with van der Waals surface area (Å²) in [4.78, 5) is 65.5. The van der Waals surface area contributed by atoms with E-state index in [1.807, 2.05) is 9.80 Å². The molecule has 6 aromatic rings. The van der Waals surface area contributed by atoms with Gasteiger partial charge in [0, 0.05) is 134 Å². The summed E-state index contributed by atoms with van der Waals surface area (Å²) in [5.41, 5.74) is -0.859. The van der Waals surface area contributed by atoms with Crippen LogP contribution in [0.2, 0.25) is 0 Å². The van der Waals surface area contributed by atoms with E-state index in [9.17, 15) is 75.3 Å². The van der Waals surface area contributed by atoms with E-state index in [0.29, 0.717) is 111 Å². The third-order valence-electron chi connectivity index (χ3n) is 18.4. The fourth-order valence-electron chi connectivity index (χ4n) is 13.0. The highest BCUT2D eigenvalue weighted by atomic mass is 32.2. The van der Waals surface area contributed by atoms with Crippen LogP contribution in [0.5, 0.6) is 0 Å². The third kappa shape index (κ3) is 16.9. The van der Waals surface area contributed by atoms with Gasteiger partial charge in [-0.05, 0) is 127 Å². The maximum atomic E-state index is 14.7. The number of alkyl halides is 3. The minimum Gasteiger partial charge on any atom is -0.352 e. The summed E-state index contributed by atoms with van der Waals surface area (Å²) in [5.74, 6) is 6.61. The number of benzene rings is 3. The van der Waals surface area contributed by atoms with Gasteiger partial charge in [0.25, 0.3) is 0 Å². The number of hydrogen-bond acceptors (Lipinski definition) is 13. The van der Waals surface area contributed by atoms with Gasteiger partial charge in [0.2, 0.25) is 17.7 Å². The highest BCUT2D eigenvalue weighted by Crippen LogP contribution is 2.38. The van der Waals surface area contributed by atoms with Crippen LogP contribution in [0.15, 0.2) is 104 Å². The normalized spacial score (nSPS) is 26.4. The molecule has 6 fully saturated rings. The Balaban J connectivity index is 0.000000157. The molecule has 3 atom stereocenters. The molecule has 0 radical (unpaired) electrons. The number of aromatic nitrogens is 4. The van der Waals surface area contributed by atoms with E-state index < -0.39 is 111 Å². The average molecular weight is 1410 g/mol. The SMILES string of the molecule is C=S1(=O)CCC(C(=O)N2CCN(c3ccc(F)cn3)CC2c2ccc(F)cc2F)CC1.C=S1(=O)CCC(C(=O)N2CCN(c3ccc(F)cn3)CC2c2cccc(F)c2F)CC1.C=S1(=O)CCC(C(=O)N2CCN(c3cnc(C(F)(F)F)cn3)CC2c2cccc(F)c2F)CC1. The van der Waals surface area contributed by atoms with Gasteiger partial charge in [-0.25, -0.2) is 55.1 Å². The first-order chi connectivity index (χ1) is 45.4. The Morgan fingerprint density at radius 2 is 0.760 bits per heavy atom. The van der Waals surface area contributed by atoms with Crippen LogP contribution < -0.4 is 14.7 Å². The predicted octanol–water partition coefficient (Wildman–Crippen LogP) is 9.32. The molecule has 0 aliphatic carbocycles. The van der Waals surface area contributed by atoms with Gasteiger partial charge in [0.1, 0.15) is 40.7 Å². The van der Waals surface area contributed by atoms with Crippen LogP contribution >= 0.6 is 0 Å². The van der Waals surface area contributed by atoms with Crippen molar-refractivity contribution in [2.24, 2.45) is 17.8 Å². The zero-order chi connectivity index (χ0) is 69.0. The lowest BCUT2D eigenvalue weighted by atomic mass is 9.96. The zero-order valence-electron chi connectivity index (χ0n) is 52.1. The summed E-state index contributed by atoms with van der Waals surface area (Å²) < 4.78 is 187. The highest BCUT2D eigenvalue weighted by Gasteiger charge is 2.42. The number of amides is 3. The van der Waals surface area contributed by atoms with E-state index in [1.54, 1.807) is 14.7 Å². The lowest BCUT2D eigenvalue weighted by Gasteiger charge is -2.44. The van der Waals surface area contributed by atoms with E-state index in [2.05, 4.69) is 37.5 Å². The van der Waals surface area contributed by atoms with E-state index >= 15 is 0 Å². The number of piperazine rings is 3. The first-order valence-electron chi connectivity index (χ1n) is 31.0. The van der Waals surface area contributed by atoms with Gasteiger partial charge in [-0.1, -0.05) is 30.3 Å². The predicted molar refractivity (Wildman–Crippen MR) is 348 cm³/mol. The van der Waals surface area contributed by atoms with Gasteiger partial charge in [0.05, 0.1) is 42.9 Å². The van der Waals surface area contributed by atoms with Crippen molar-refractivity contribution in [3.8, 4) is 0 Å². The van der Waals surface area contributed by atoms with Gasteiger partial charge >= 0.3 is 6.18 Å². The van der Waals surface area contributed by atoms with Gasteiger partial charge in [-0.15, -0.1) is 0 Å². The van der Waals surface area contributed by atoms with E-state index in [4.69, 9.17) is 0 Å². The van der Waals surface area contributed by atoms with Crippen LogP contribution in [0.3, 0.4) is 0 Å². The van der Waals surface area contributed by atoms with Crippen molar-refractivity contribution in [1.29, 1.82) is 0 Å². The van der Waals surface area contributed by atoms with E-state index in [1.165, 1.54) is 65.6 Å². The molecule has 0 saturated carbocycles. The largest absolute Gasteiger partial charge is 0.434 e. The molecule has 6 aliphatic heterocycles. The molecule has 12 rings (SSSR count). The number of hydrogen-bond donors (Lipinski definition) is 0. The molecule has 3 aromatic carbocycles. The molecule has 3 unspecified atom stereocenters.